The standard InChI is InChI=1S/C21H13F3N2O6S/c22-21(23,24)32-11-7-5-10(6-8-11)26-14-9-15(33(29,30)31)18(25)17-16(14)19(27)12-3-1-2-4-13(12)20(17)28/h1-9,26H,25H2,(H,29,30,31). The van der Waals surface area contributed by atoms with Gasteiger partial charge >= 0.3 is 6.36 Å². The summed E-state index contributed by atoms with van der Waals surface area (Å²) < 4.78 is 74.3. The Hall–Kier alpha value is -3.90. The number of halogens is 3. The van der Waals surface area contributed by atoms with Crippen LogP contribution in [0.4, 0.5) is 30.2 Å². The van der Waals surface area contributed by atoms with Crippen LogP contribution < -0.4 is 15.8 Å². The maximum absolute atomic E-state index is 13.2. The number of fused-ring (bicyclic) bond motifs is 2. The third-order valence-corrected chi connectivity index (χ3v) is 5.74. The Balaban J connectivity index is 1.87. The molecule has 1 aliphatic carbocycles. The Labute approximate surface area is 184 Å². The van der Waals surface area contributed by atoms with E-state index in [1.165, 1.54) is 36.4 Å². The monoisotopic (exact) mass is 478 g/mol. The van der Waals surface area contributed by atoms with Crippen LogP contribution in [0.5, 0.6) is 5.75 Å². The van der Waals surface area contributed by atoms with E-state index in [0.29, 0.717) is 0 Å². The van der Waals surface area contributed by atoms with Gasteiger partial charge in [-0.15, -0.1) is 13.2 Å². The van der Waals surface area contributed by atoms with Gasteiger partial charge in [-0.2, -0.15) is 8.42 Å². The molecule has 0 unspecified atom stereocenters. The number of hydrogen-bond donors (Lipinski definition) is 3. The molecular weight excluding hydrogens is 465 g/mol. The fourth-order valence-corrected chi connectivity index (χ4v) is 4.15. The van der Waals surface area contributed by atoms with Crippen LogP contribution in [-0.4, -0.2) is 30.9 Å². The lowest BCUT2D eigenvalue weighted by Gasteiger charge is -2.23. The van der Waals surface area contributed by atoms with Crippen LogP contribution in [0.3, 0.4) is 0 Å². The van der Waals surface area contributed by atoms with Crippen LogP contribution >= 0.6 is 0 Å². The van der Waals surface area contributed by atoms with Crippen LogP contribution in [-0.2, 0) is 10.1 Å². The molecule has 0 aliphatic heterocycles. The number of nitrogens with two attached hydrogens (primary N) is 1. The maximum Gasteiger partial charge on any atom is 0.573 e. The number of carbonyl (C=O) groups excluding carboxylic acids is 2. The van der Waals surface area contributed by atoms with Crippen molar-refractivity contribution in [2.45, 2.75) is 11.3 Å². The molecule has 12 heteroatoms. The van der Waals surface area contributed by atoms with Crippen molar-refractivity contribution < 1.29 is 40.5 Å². The quantitative estimate of drug-likeness (QED) is 0.297. The minimum absolute atomic E-state index is 0.00814. The second-order valence-electron chi connectivity index (χ2n) is 6.96. The summed E-state index contributed by atoms with van der Waals surface area (Å²) in [5.41, 5.74) is 4.65. The smallest absolute Gasteiger partial charge is 0.406 e. The van der Waals surface area contributed by atoms with Gasteiger partial charge in [-0.05, 0) is 30.3 Å². The molecule has 0 saturated heterocycles. The lowest BCUT2D eigenvalue weighted by atomic mass is 9.82. The SMILES string of the molecule is Nc1c(S(=O)(=O)O)cc(Nc2ccc(OC(F)(F)F)cc2)c2c1C(=O)c1ccccc1C2=O. The lowest BCUT2D eigenvalue weighted by molar-refractivity contribution is -0.274. The summed E-state index contributed by atoms with van der Waals surface area (Å²) in [6.45, 7) is 0. The molecule has 170 valence electrons. The highest BCUT2D eigenvalue weighted by Gasteiger charge is 2.36. The van der Waals surface area contributed by atoms with E-state index in [4.69, 9.17) is 5.73 Å². The first kappa shape index (κ1) is 22.3. The van der Waals surface area contributed by atoms with Crippen LogP contribution in [0.15, 0.2) is 59.5 Å². The molecule has 0 aromatic heterocycles. The number of rotatable bonds is 4. The molecule has 1 aliphatic rings. The summed E-state index contributed by atoms with van der Waals surface area (Å²) in [4.78, 5) is 25.5. The van der Waals surface area contributed by atoms with E-state index >= 15 is 0 Å². The highest BCUT2D eigenvalue weighted by atomic mass is 32.2. The third-order valence-electron chi connectivity index (χ3n) is 4.84. The number of ketones is 2. The Morgan fingerprint density at radius 3 is 1.97 bits per heavy atom. The Morgan fingerprint density at radius 1 is 0.909 bits per heavy atom. The van der Waals surface area contributed by atoms with Crippen molar-refractivity contribution in [1.29, 1.82) is 0 Å². The molecular formula is C21H13F3N2O6S. The number of anilines is 3. The molecule has 4 N–H and O–H groups in total. The summed E-state index contributed by atoms with van der Waals surface area (Å²) in [7, 11) is -4.90. The zero-order valence-electron chi connectivity index (χ0n) is 16.3. The topological polar surface area (TPSA) is 136 Å². The number of nitrogens with one attached hydrogen (secondary N) is 1. The highest BCUT2D eigenvalue weighted by Crippen LogP contribution is 2.40. The summed E-state index contributed by atoms with van der Waals surface area (Å²) in [6, 6.07) is 11.1. The van der Waals surface area contributed by atoms with E-state index in [9.17, 15) is 35.7 Å². The van der Waals surface area contributed by atoms with Crippen LogP contribution in [0.1, 0.15) is 31.8 Å². The first-order valence-electron chi connectivity index (χ1n) is 9.12. The summed E-state index contributed by atoms with van der Waals surface area (Å²) in [6.07, 6.45) is -4.89. The van der Waals surface area contributed by atoms with Crippen LogP contribution in [0, 0.1) is 0 Å². The molecule has 33 heavy (non-hydrogen) atoms. The van der Waals surface area contributed by atoms with Crippen molar-refractivity contribution in [2.75, 3.05) is 11.1 Å². The summed E-state index contributed by atoms with van der Waals surface area (Å²) >= 11 is 0. The van der Waals surface area contributed by atoms with Gasteiger partial charge in [-0.25, -0.2) is 0 Å². The first-order chi connectivity index (χ1) is 15.4. The molecule has 0 atom stereocenters. The zero-order chi connectivity index (χ0) is 24.1. The number of benzene rings is 3. The predicted octanol–water partition coefficient (Wildman–Crippen LogP) is 3.93. The van der Waals surface area contributed by atoms with Gasteiger partial charge in [0.25, 0.3) is 10.1 Å². The maximum atomic E-state index is 13.2. The number of ether oxygens (including phenoxy) is 1. The molecule has 0 saturated carbocycles. The van der Waals surface area contributed by atoms with Crippen LogP contribution in [0.2, 0.25) is 0 Å². The Kier molecular flexibility index (Phi) is 5.14. The molecule has 3 aromatic rings. The zero-order valence-corrected chi connectivity index (χ0v) is 17.1. The lowest BCUT2D eigenvalue weighted by Crippen LogP contribution is -2.25. The number of alkyl halides is 3. The van der Waals surface area contributed by atoms with Crippen molar-refractivity contribution in [3.63, 3.8) is 0 Å². The highest BCUT2D eigenvalue weighted by molar-refractivity contribution is 7.86. The van der Waals surface area contributed by atoms with Gasteiger partial charge in [0.15, 0.2) is 11.6 Å². The third kappa shape index (κ3) is 4.13. The second kappa shape index (κ2) is 7.60. The van der Waals surface area contributed by atoms with E-state index in [-0.39, 0.29) is 28.1 Å². The molecule has 8 nitrogen and oxygen atoms in total. The normalized spacial score (nSPS) is 13.3. The molecule has 0 heterocycles. The van der Waals surface area contributed by atoms with E-state index in [1.54, 1.807) is 0 Å². The van der Waals surface area contributed by atoms with Gasteiger partial charge in [0.05, 0.1) is 22.5 Å². The van der Waals surface area contributed by atoms with Gasteiger partial charge in [0.1, 0.15) is 10.6 Å². The first-order valence-corrected chi connectivity index (χ1v) is 10.6. The average Bonchev–Trinajstić information content (AvgIpc) is 2.72. The molecule has 0 fully saturated rings. The molecule has 0 bridgehead atoms. The number of hydrogen-bond acceptors (Lipinski definition) is 7. The molecule has 0 amide bonds. The molecule has 0 spiro atoms. The Morgan fingerprint density at radius 2 is 1.45 bits per heavy atom. The van der Waals surface area contributed by atoms with E-state index < -0.39 is 49.9 Å². The second-order valence-corrected chi connectivity index (χ2v) is 8.35. The van der Waals surface area contributed by atoms with Crippen molar-refractivity contribution in [2.24, 2.45) is 0 Å². The minimum Gasteiger partial charge on any atom is -0.406 e. The number of carbonyl (C=O) groups is 2. The van der Waals surface area contributed by atoms with Crippen molar-refractivity contribution >= 4 is 38.7 Å². The summed E-state index contributed by atoms with van der Waals surface area (Å²) in [5, 5.41) is 2.70. The van der Waals surface area contributed by atoms with Crippen molar-refractivity contribution in [3.8, 4) is 5.75 Å². The average molecular weight is 478 g/mol. The van der Waals surface area contributed by atoms with Gasteiger partial charge < -0.3 is 15.8 Å². The Bertz CT molecular complexity index is 1420. The number of nitrogen functional groups attached to an aromatic ring is 1. The molecule has 4 rings (SSSR count). The van der Waals surface area contributed by atoms with E-state index in [2.05, 4.69) is 10.1 Å². The summed E-state index contributed by atoms with van der Waals surface area (Å²) in [5.74, 6) is -1.86. The fraction of sp³-hybridized carbons (Fsp3) is 0.0476. The van der Waals surface area contributed by atoms with Crippen molar-refractivity contribution in [1.82, 2.24) is 0 Å². The van der Waals surface area contributed by atoms with Gasteiger partial charge in [-0.1, -0.05) is 24.3 Å². The largest absolute Gasteiger partial charge is 0.573 e. The van der Waals surface area contributed by atoms with Crippen LogP contribution in [0.25, 0.3) is 0 Å². The van der Waals surface area contributed by atoms with Gasteiger partial charge in [0.2, 0.25) is 0 Å². The minimum atomic E-state index is -4.90. The predicted molar refractivity (Wildman–Crippen MR) is 110 cm³/mol. The van der Waals surface area contributed by atoms with Gasteiger partial charge in [0, 0.05) is 16.8 Å². The fourth-order valence-electron chi connectivity index (χ4n) is 3.50. The van der Waals surface area contributed by atoms with Crippen molar-refractivity contribution in [3.05, 3.63) is 76.9 Å². The molecule has 0 radical (unpaired) electrons. The van der Waals surface area contributed by atoms with Gasteiger partial charge in [-0.3, -0.25) is 14.1 Å². The van der Waals surface area contributed by atoms with E-state index in [1.807, 2.05) is 0 Å². The molecule has 3 aromatic carbocycles. The van der Waals surface area contributed by atoms with E-state index in [0.717, 1.165) is 18.2 Å².